The van der Waals surface area contributed by atoms with Gasteiger partial charge in [-0.2, -0.15) is 0 Å². The number of hydrogen-bond acceptors (Lipinski definition) is 1. The molecule has 2 nitrogen and oxygen atoms in total. The maximum Gasteiger partial charge on any atom is 0.303 e. The van der Waals surface area contributed by atoms with E-state index in [2.05, 4.69) is 32.9 Å². The van der Waals surface area contributed by atoms with E-state index < -0.39 is 5.97 Å². The average Bonchev–Trinajstić information content (AvgIpc) is 2.34. The average molecular weight is 262 g/mol. The van der Waals surface area contributed by atoms with Crippen molar-refractivity contribution < 1.29 is 9.90 Å². The lowest BCUT2D eigenvalue weighted by atomic mass is 9.84. The smallest absolute Gasteiger partial charge is 0.303 e. The Kier molecular flexibility index (Phi) is 9.51. The first kappa shape index (κ1) is 17.4. The van der Waals surface area contributed by atoms with Crippen molar-refractivity contribution in [3.05, 3.63) is 48.6 Å². The van der Waals surface area contributed by atoms with Crippen LogP contribution in [0.5, 0.6) is 0 Å². The molecular formula is C17H26O2. The van der Waals surface area contributed by atoms with Gasteiger partial charge in [0, 0.05) is 6.42 Å². The summed E-state index contributed by atoms with van der Waals surface area (Å²) in [6, 6.07) is 0. The van der Waals surface area contributed by atoms with Gasteiger partial charge in [0.05, 0.1) is 0 Å². The van der Waals surface area contributed by atoms with Crippen molar-refractivity contribution in [2.45, 2.75) is 46.5 Å². The molecule has 2 heteroatoms. The van der Waals surface area contributed by atoms with Crippen LogP contribution in [0.4, 0.5) is 0 Å². The second kappa shape index (κ2) is 10.4. The molecule has 0 atom stereocenters. The fourth-order valence-electron chi connectivity index (χ4n) is 1.48. The molecule has 0 saturated carbocycles. The predicted octanol–water partition coefficient (Wildman–Crippen LogP) is 4.90. The van der Waals surface area contributed by atoms with Gasteiger partial charge in [0.1, 0.15) is 0 Å². The minimum absolute atomic E-state index is 0.0441. The molecule has 0 aliphatic rings. The fraction of sp³-hybridized carbons (Fsp3) is 0.471. The van der Waals surface area contributed by atoms with Crippen molar-refractivity contribution in [3.63, 3.8) is 0 Å². The summed E-state index contributed by atoms with van der Waals surface area (Å²) >= 11 is 0. The summed E-state index contributed by atoms with van der Waals surface area (Å²) in [5, 5.41) is 8.66. The molecule has 19 heavy (non-hydrogen) atoms. The lowest BCUT2D eigenvalue weighted by molar-refractivity contribution is -0.137. The van der Waals surface area contributed by atoms with E-state index in [0.717, 1.165) is 12.8 Å². The molecule has 0 aliphatic carbocycles. The zero-order valence-corrected chi connectivity index (χ0v) is 12.3. The summed E-state index contributed by atoms with van der Waals surface area (Å²) in [6.45, 7) is 6.30. The van der Waals surface area contributed by atoms with Crippen LogP contribution in [-0.4, -0.2) is 11.1 Å². The zero-order valence-electron chi connectivity index (χ0n) is 12.3. The molecule has 0 heterocycles. The third-order valence-electron chi connectivity index (χ3n) is 2.75. The van der Waals surface area contributed by atoms with E-state index in [-0.39, 0.29) is 11.8 Å². The van der Waals surface area contributed by atoms with Crippen molar-refractivity contribution in [3.8, 4) is 0 Å². The number of carbonyl (C=O) groups is 1. The molecule has 0 aromatic heterocycles. The molecule has 1 N–H and O–H groups in total. The highest BCUT2D eigenvalue weighted by Crippen LogP contribution is 2.27. The molecule has 0 rings (SSSR count). The van der Waals surface area contributed by atoms with Crippen LogP contribution < -0.4 is 0 Å². The molecule has 0 amide bonds. The molecule has 0 radical (unpaired) electrons. The van der Waals surface area contributed by atoms with Crippen LogP contribution in [0.2, 0.25) is 0 Å². The Morgan fingerprint density at radius 3 is 2.05 bits per heavy atom. The van der Waals surface area contributed by atoms with Crippen LogP contribution in [0, 0.1) is 5.41 Å². The van der Waals surface area contributed by atoms with Crippen molar-refractivity contribution in [2.75, 3.05) is 0 Å². The maximum atomic E-state index is 10.5. The molecule has 0 fully saturated rings. The van der Waals surface area contributed by atoms with Gasteiger partial charge in [0.2, 0.25) is 0 Å². The lowest BCUT2D eigenvalue weighted by Crippen LogP contribution is -2.12. The molecular weight excluding hydrogens is 236 g/mol. The van der Waals surface area contributed by atoms with E-state index >= 15 is 0 Å². The highest BCUT2D eigenvalue weighted by molar-refractivity contribution is 5.66. The first-order valence-electron chi connectivity index (χ1n) is 6.85. The zero-order chi connectivity index (χ0) is 14.6. The normalized spacial score (nSPS) is 13.4. The van der Waals surface area contributed by atoms with E-state index in [1.165, 1.54) is 0 Å². The minimum Gasteiger partial charge on any atom is -0.481 e. The molecule has 0 aromatic rings. The second-order valence-electron chi connectivity index (χ2n) is 5.30. The van der Waals surface area contributed by atoms with Gasteiger partial charge in [0.15, 0.2) is 0 Å². The van der Waals surface area contributed by atoms with Crippen molar-refractivity contribution >= 4 is 5.97 Å². The van der Waals surface area contributed by atoms with Crippen LogP contribution in [0.25, 0.3) is 0 Å². The summed E-state index contributed by atoms with van der Waals surface area (Å²) in [5.41, 5.74) is 0.0441. The Bertz CT molecular complexity index is 357. The third kappa shape index (κ3) is 12.7. The Morgan fingerprint density at radius 2 is 1.53 bits per heavy atom. The minimum atomic E-state index is -0.720. The quantitative estimate of drug-likeness (QED) is 0.600. The summed E-state index contributed by atoms with van der Waals surface area (Å²) in [5.74, 6) is -0.720. The molecule has 106 valence electrons. The molecule has 0 spiro atoms. The number of aliphatic carboxylic acids is 1. The monoisotopic (exact) mass is 262 g/mol. The van der Waals surface area contributed by atoms with Gasteiger partial charge in [-0.15, -0.1) is 0 Å². The SMILES string of the molecule is CC/C=C/C=C/C=C/C=C/CC(C)(C)CCC(=O)O. The van der Waals surface area contributed by atoms with Crippen LogP contribution in [0.1, 0.15) is 46.5 Å². The third-order valence-corrected chi connectivity index (χ3v) is 2.75. The van der Waals surface area contributed by atoms with Crippen LogP contribution >= 0.6 is 0 Å². The number of hydrogen-bond donors (Lipinski definition) is 1. The Hall–Kier alpha value is -1.57. The van der Waals surface area contributed by atoms with Crippen LogP contribution in [-0.2, 0) is 4.79 Å². The number of rotatable bonds is 9. The Balaban J connectivity index is 3.94. The Morgan fingerprint density at radius 1 is 1.00 bits per heavy atom. The van der Waals surface area contributed by atoms with Crippen LogP contribution in [0.15, 0.2) is 48.6 Å². The second-order valence-corrected chi connectivity index (χ2v) is 5.30. The van der Waals surface area contributed by atoms with Crippen molar-refractivity contribution in [1.82, 2.24) is 0 Å². The lowest BCUT2D eigenvalue weighted by Gasteiger charge is -2.21. The standard InChI is InChI=1S/C17H26O2/c1-4-5-6-7-8-9-10-11-12-14-17(2,3)15-13-16(18)19/h5-12H,4,13-15H2,1-3H3,(H,18,19)/b6-5+,8-7+,10-9+,12-11+. The summed E-state index contributed by atoms with van der Waals surface area (Å²) in [4.78, 5) is 10.5. The van der Waals surface area contributed by atoms with Gasteiger partial charge in [-0.05, 0) is 24.7 Å². The van der Waals surface area contributed by atoms with Gasteiger partial charge in [0.25, 0.3) is 0 Å². The van der Waals surface area contributed by atoms with Crippen molar-refractivity contribution in [2.24, 2.45) is 5.41 Å². The summed E-state index contributed by atoms with van der Waals surface area (Å²) in [6.07, 6.45) is 19.1. The topological polar surface area (TPSA) is 37.3 Å². The highest BCUT2D eigenvalue weighted by Gasteiger charge is 2.17. The molecule has 0 saturated heterocycles. The summed E-state index contributed by atoms with van der Waals surface area (Å²) in [7, 11) is 0. The van der Waals surface area contributed by atoms with Gasteiger partial charge in [-0.3, -0.25) is 4.79 Å². The van der Waals surface area contributed by atoms with E-state index in [4.69, 9.17) is 5.11 Å². The van der Waals surface area contributed by atoms with E-state index in [1.807, 2.05) is 36.5 Å². The number of allylic oxidation sites excluding steroid dienone is 8. The maximum absolute atomic E-state index is 10.5. The van der Waals surface area contributed by atoms with Gasteiger partial charge >= 0.3 is 5.97 Å². The number of carboxylic acid groups (broad SMARTS) is 1. The van der Waals surface area contributed by atoms with Crippen LogP contribution in [0.3, 0.4) is 0 Å². The first-order valence-corrected chi connectivity index (χ1v) is 6.85. The molecule has 0 bridgehead atoms. The van der Waals surface area contributed by atoms with Gasteiger partial charge in [-0.25, -0.2) is 0 Å². The first-order chi connectivity index (χ1) is 8.98. The van der Waals surface area contributed by atoms with Gasteiger partial charge < -0.3 is 5.11 Å². The Labute approximate surface area is 117 Å². The number of carboxylic acids is 1. The highest BCUT2D eigenvalue weighted by atomic mass is 16.4. The van der Waals surface area contributed by atoms with Crippen molar-refractivity contribution in [1.29, 1.82) is 0 Å². The molecule has 0 unspecified atom stereocenters. The molecule has 0 aliphatic heterocycles. The summed E-state index contributed by atoms with van der Waals surface area (Å²) < 4.78 is 0. The van der Waals surface area contributed by atoms with Gasteiger partial charge in [-0.1, -0.05) is 69.4 Å². The molecule has 0 aromatic carbocycles. The largest absolute Gasteiger partial charge is 0.481 e. The van der Waals surface area contributed by atoms with E-state index in [1.54, 1.807) is 0 Å². The van der Waals surface area contributed by atoms with E-state index in [0.29, 0.717) is 6.42 Å². The fourth-order valence-corrected chi connectivity index (χ4v) is 1.48. The van der Waals surface area contributed by atoms with E-state index in [9.17, 15) is 4.79 Å². The predicted molar refractivity (Wildman–Crippen MR) is 82.1 cm³/mol.